The number of unbranched alkanes of at least 4 members (excludes halogenated alkanes) is 3. The van der Waals surface area contributed by atoms with Crippen molar-refractivity contribution in [2.24, 2.45) is 0 Å². The SMILES string of the molecule is CCc1ccc(OCCCCn2c(CCCCCNC(=O)COC)nc3ccccc32)cc1. The summed E-state index contributed by atoms with van der Waals surface area (Å²) < 4.78 is 13.1. The van der Waals surface area contributed by atoms with Crippen LogP contribution in [0.4, 0.5) is 0 Å². The number of fused-ring (bicyclic) bond motifs is 1. The van der Waals surface area contributed by atoms with Gasteiger partial charge in [0, 0.05) is 26.6 Å². The minimum absolute atomic E-state index is 0.0544. The summed E-state index contributed by atoms with van der Waals surface area (Å²) in [6.45, 7) is 4.65. The Kier molecular flexibility index (Phi) is 10.2. The van der Waals surface area contributed by atoms with Gasteiger partial charge in [0.25, 0.3) is 0 Å². The van der Waals surface area contributed by atoms with Gasteiger partial charge in [-0.25, -0.2) is 4.98 Å². The molecule has 33 heavy (non-hydrogen) atoms. The van der Waals surface area contributed by atoms with E-state index in [1.807, 2.05) is 6.07 Å². The maximum atomic E-state index is 11.4. The largest absolute Gasteiger partial charge is 0.494 e. The van der Waals surface area contributed by atoms with E-state index in [2.05, 4.69) is 59.3 Å². The lowest BCUT2D eigenvalue weighted by atomic mass is 10.2. The molecule has 0 spiro atoms. The van der Waals surface area contributed by atoms with Gasteiger partial charge >= 0.3 is 0 Å². The second kappa shape index (κ2) is 13.6. The minimum Gasteiger partial charge on any atom is -0.494 e. The van der Waals surface area contributed by atoms with Crippen LogP contribution in [0.2, 0.25) is 0 Å². The van der Waals surface area contributed by atoms with Gasteiger partial charge in [0.2, 0.25) is 5.91 Å². The second-order valence-electron chi connectivity index (χ2n) is 8.32. The van der Waals surface area contributed by atoms with E-state index in [0.29, 0.717) is 6.54 Å². The zero-order valence-electron chi connectivity index (χ0n) is 20.0. The van der Waals surface area contributed by atoms with Crippen LogP contribution in [-0.2, 0) is 28.9 Å². The fraction of sp³-hybridized carbons (Fsp3) is 0.481. The number of nitrogens with one attached hydrogen (secondary N) is 1. The Balaban J connectivity index is 1.44. The zero-order chi connectivity index (χ0) is 23.3. The lowest BCUT2D eigenvalue weighted by molar-refractivity contribution is -0.124. The molecule has 3 rings (SSSR count). The second-order valence-corrected chi connectivity index (χ2v) is 8.32. The average Bonchev–Trinajstić information content (AvgIpc) is 3.19. The highest BCUT2D eigenvalue weighted by Gasteiger charge is 2.10. The lowest BCUT2D eigenvalue weighted by Crippen LogP contribution is -2.27. The Bertz CT molecular complexity index is 982. The standard InChI is InChI=1S/C27H37N3O3/c1-3-22-14-16-23(17-15-22)33-20-10-9-19-30-25-12-7-6-11-24(25)29-26(30)13-5-4-8-18-28-27(31)21-32-2/h6-7,11-12,14-17H,3-5,8-10,13,18-21H2,1-2H3,(H,28,31). The number of carbonyl (C=O) groups excluding carboxylic acids is 1. The van der Waals surface area contributed by atoms with Crippen molar-refractivity contribution in [3.63, 3.8) is 0 Å². The molecule has 2 aromatic carbocycles. The third-order valence-electron chi connectivity index (χ3n) is 5.78. The topological polar surface area (TPSA) is 65.4 Å². The van der Waals surface area contributed by atoms with Gasteiger partial charge in [0.05, 0.1) is 17.6 Å². The van der Waals surface area contributed by atoms with E-state index in [9.17, 15) is 4.79 Å². The lowest BCUT2D eigenvalue weighted by Gasteiger charge is -2.11. The van der Waals surface area contributed by atoms with Crippen LogP contribution >= 0.6 is 0 Å². The number of benzene rings is 2. The summed E-state index contributed by atoms with van der Waals surface area (Å²) in [5.41, 5.74) is 3.60. The molecular formula is C27H37N3O3. The van der Waals surface area contributed by atoms with Crippen LogP contribution in [0.1, 0.15) is 50.4 Å². The number of carbonyl (C=O) groups is 1. The third kappa shape index (κ3) is 7.90. The van der Waals surface area contributed by atoms with Crippen molar-refractivity contribution in [1.29, 1.82) is 0 Å². The summed E-state index contributed by atoms with van der Waals surface area (Å²) in [4.78, 5) is 16.3. The van der Waals surface area contributed by atoms with Gasteiger partial charge in [-0.15, -0.1) is 0 Å². The van der Waals surface area contributed by atoms with Gasteiger partial charge in [0.1, 0.15) is 18.2 Å². The van der Waals surface area contributed by atoms with Crippen LogP contribution in [0.25, 0.3) is 11.0 Å². The summed E-state index contributed by atoms with van der Waals surface area (Å²) in [5.74, 6) is 2.04. The summed E-state index contributed by atoms with van der Waals surface area (Å²) in [5, 5.41) is 2.88. The van der Waals surface area contributed by atoms with Crippen molar-refractivity contribution in [2.45, 2.75) is 58.4 Å². The van der Waals surface area contributed by atoms with Gasteiger partial charge in [-0.2, -0.15) is 0 Å². The molecule has 6 nitrogen and oxygen atoms in total. The highest BCUT2D eigenvalue weighted by atomic mass is 16.5. The van der Waals surface area contributed by atoms with Crippen LogP contribution < -0.4 is 10.1 Å². The van der Waals surface area contributed by atoms with E-state index in [-0.39, 0.29) is 12.5 Å². The fourth-order valence-electron chi connectivity index (χ4n) is 3.94. The monoisotopic (exact) mass is 451 g/mol. The number of aromatic nitrogens is 2. The molecule has 178 valence electrons. The predicted molar refractivity (Wildman–Crippen MR) is 133 cm³/mol. The molecule has 0 fully saturated rings. The van der Waals surface area contributed by atoms with E-state index in [1.54, 1.807) is 0 Å². The number of amides is 1. The molecule has 0 aliphatic heterocycles. The molecular weight excluding hydrogens is 414 g/mol. The Hall–Kier alpha value is -2.86. The molecule has 0 aliphatic carbocycles. The first-order valence-corrected chi connectivity index (χ1v) is 12.1. The Morgan fingerprint density at radius 2 is 1.82 bits per heavy atom. The number of imidazole rings is 1. The highest BCUT2D eigenvalue weighted by Crippen LogP contribution is 2.19. The number of ether oxygens (including phenoxy) is 2. The number of aryl methyl sites for hydroxylation is 3. The molecule has 6 heteroatoms. The molecule has 1 heterocycles. The molecule has 1 amide bonds. The van der Waals surface area contributed by atoms with Crippen LogP contribution in [0.3, 0.4) is 0 Å². The van der Waals surface area contributed by atoms with E-state index in [1.165, 1.54) is 18.2 Å². The smallest absolute Gasteiger partial charge is 0.245 e. The maximum Gasteiger partial charge on any atom is 0.245 e. The van der Waals surface area contributed by atoms with Gasteiger partial charge < -0.3 is 19.4 Å². The van der Waals surface area contributed by atoms with Gasteiger partial charge in [-0.1, -0.05) is 37.6 Å². The molecule has 0 radical (unpaired) electrons. The van der Waals surface area contributed by atoms with Crippen molar-refractivity contribution < 1.29 is 14.3 Å². The van der Waals surface area contributed by atoms with E-state index in [4.69, 9.17) is 14.5 Å². The van der Waals surface area contributed by atoms with E-state index < -0.39 is 0 Å². The molecule has 0 bridgehead atoms. The average molecular weight is 452 g/mol. The Morgan fingerprint density at radius 3 is 2.61 bits per heavy atom. The fourth-order valence-corrected chi connectivity index (χ4v) is 3.94. The van der Waals surface area contributed by atoms with Crippen LogP contribution in [0.5, 0.6) is 5.75 Å². The number of hydrogen-bond acceptors (Lipinski definition) is 4. The van der Waals surface area contributed by atoms with Gasteiger partial charge in [-0.05, 0) is 61.9 Å². The van der Waals surface area contributed by atoms with Crippen LogP contribution in [0, 0.1) is 0 Å². The number of hydrogen-bond donors (Lipinski definition) is 1. The summed E-state index contributed by atoms with van der Waals surface area (Å²) in [6.07, 6.45) is 7.12. The molecule has 3 aromatic rings. The van der Waals surface area contributed by atoms with Crippen molar-refractivity contribution >= 4 is 16.9 Å². The van der Waals surface area contributed by atoms with Crippen LogP contribution in [0.15, 0.2) is 48.5 Å². The molecule has 0 aliphatic rings. The molecule has 1 aromatic heterocycles. The Morgan fingerprint density at radius 1 is 1.00 bits per heavy atom. The van der Waals surface area contributed by atoms with Gasteiger partial charge in [0.15, 0.2) is 0 Å². The van der Waals surface area contributed by atoms with Crippen molar-refractivity contribution in [3.8, 4) is 5.75 Å². The summed E-state index contributed by atoms with van der Waals surface area (Å²) in [7, 11) is 1.53. The summed E-state index contributed by atoms with van der Waals surface area (Å²) in [6, 6.07) is 16.7. The number of methoxy groups -OCH3 is 1. The van der Waals surface area contributed by atoms with E-state index in [0.717, 1.165) is 75.2 Å². The highest BCUT2D eigenvalue weighted by molar-refractivity contribution is 5.77. The summed E-state index contributed by atoms with van der Waals surface area (Å²) >= 11 is 0. The normalized spacial score (nSPS) is 11.1. The number of para-hydroxylation sites is 2. The molecule has 1 N–H and O–H groups in total. The van der Waals surface area contributed by atoms with Crippen LogP contribution in [-0.4, -0.2) is 42.3 Å². The zero-order valence-corrected chi connectivity index (χ0v) is 20.0. The van der Waals surface area contributed by atoms with E-state index >= 15 is 0 Å². The maximum absolute atomic E-state index is 11.4. The predicted octanol–water partition coefficient (Wildman–Crippen LogP) is 4.93. The molecule has 0 atom stereocenters. The molecule has 0 unspecified atom stereocenters. The minimum atomic E-state index is -0.0544. The first-order chi connectivity index (χ1) is 16.2. The van der Waals surface area contributed by atoms with Crippen molar-refractivity contribution in [3.05, 3.63) is 59.9 Å². The molecule has 0 saturated heterocycles. The van der Waals surface area contributed by atoms with Crippen molar-refractivity contribution in [1.82, 2.24) is 14.9 Å². The Labute approximate surface area is 197 Å². The molecule has 0 saturated carbocycles. The first-order valence-electron chi connectivity index (χ1n) is 12.1. The third-order valence-corrected chi connectivity index (χ3v) is 5.78. The van der Waals surface area contributed by atoms with Gasteiger partial charge in [-0.3, -0.25) is 4.79 Å². The number of rotatable bonds is 15. The number of nitrogens with zero attached hydrogens (tertiary/aromatic N) is 2. The quantitative estimate of drug-likeness (QED) is 0.333. The van der Waals surface area contributed by atoms with Crippen molar-refractivity contribution in [2.75, 3.05) is 26.9 Å². The first kappa shape index (κ1) is 24.8.